The molecule has 0 bridgehead atoms. The van der Waals surface area contributed by atoms with Crippen LogP contribution in [0, 0.1) is 5.92 Å². The van der Waals surface area contributed by atoms with E-state index in [0.29, 0.717) is 6.54 Å². The van der Waals surface area contributed by atoms with Crippen LogP contribution in [-0.2, 0) is 14.3 Å². The van der Waals surface area contributed by atoms with Gasteiger partial charge in [0.1, 0.15) is 13.1 Å². The van der Waals surface area contributed by atoms with Gasteiger partial charge in [-0.05, 0) is 0 Å². The molecule has 0 unspecified atom stereocenters. The predicted octanol–water partition coefficient (Wildman–Crippen LogP) is -3.05. The maximum Gasteiger partial charge on any atom is 0.328 e. The van der Waals surface area contributed by atoms with E-state index in [1.54, 1.807) is 0 Å². The lowest BCUT2D eigenvalue weighted by molar-refractivity contribution is -0.906. The first-order chi connectivity index (χ1) is 9.16. The van der Waals surface area contributed by atoms with Gasteiger partial charge in [0.05, 0.1) is 26.3 Å². The van der Waals surface area contributed by atoms with E-state index in [1.807, 2.05) is 10.6 Å². The number of hydrogen-bond acceptors (Lipinski definition) is 5. The van der Waals surface area contributed by atoms with Crippen LogP contribution < -0.4 is 15.5 Å². The van der Waals surface area contributed by atoms with Crippen LogP contribution in [0.15, 0.2) is 4.99 Å². The van der Waals surface area contributed by atoms with Gasteiger partial charge in [0.15, 0.2) is 5.92 Å². The highest BCUT2D eigenvalue weighted by atomic mass is 16.5. The number of quaternary nitrogens is 1. The highest BCUT2D eigenvalue weighted by molar-refractivity contribution is 6.23. The number of carbonyl (C=O) groups is 3. The number of hydrogen-bond donors (Lipinski definition) is 3. The smallest absolute Gasteiger partial charge is 0.328 e. The van der Waals surface area contributed by atoms with Gasteiger partial charge in [-0.1, -0.05) is 0 Å². The third-order valence-corrected chi connectivity index (χ3v) is 3.09. The molecular weight excluding hydrogens is 252 g/mol. The van der Waals surface area contributed by atoms with Crippen molar-refractivity contribution in [2.24, 2.45) is 10.9 Å². The van der Waals surface area contributed by atoms with Crippen molar-refractivity contribution in [1.82, 2.24) is 10.6 Å². The average Bonchev–Trinajstić information content (AvgIpc) is 2.38. The minimum Gasteiger partial charge on any atom is -0.370 e. The van der Waals surface area contributed by atoms with E-state index in [-0.39, 0.29) is 0 Å². The number of ether oxygens (including phenoxy) is 1. The number of barbiturate groups is 1. The number of nitrogens with zero attached hydrogens (tertiary/aromatic N) is 1. The Bertz CT molecular complexity index is 383. The minimum absolute atomic E-state index is 0.542. The number of imide groups is 2. The highest BCUT2D eigenvalue weighted by Gasteiger charge is 2.32. The van der Waals surface area contributed by atoms with Gasteiger partial charge < -0.3 is 9.64 Å². The summed E-state index contributed by atoms with van der Waals surface area (Å²) in [7, 11) is 0. The molecule has 2 saturated heterocycles. The molecule has 2 aliphatic rings. The monoisotopic (exact) mass is 269 g/mol. The first kappa shape index (κ1) is 13.6. The van der Waals surface area contributed by atoms with Crippen molar-refractivity contribution in [3.05, 3.63) is 0 Å². The fraction of sp³-hybridized carbons (Fsp3) is 0.636. The molecule has 2 rings (SSSR count). The predicted molar refractivity (Wildman–Crippen MR) is 64.9 cm³/mol. The fourth-order valence-electron chi connectivity index (χ4n) is 1.98. The average molecular weight is 269 g/mol. The molecule has 0 aliphatic carbocycles. The van der Waals surface area contributed by atoms with Crippen LogP contribution in [0.2, 0.25) is 0 Å². The molecular formula is C11H17N4O4+. The van der Waals surface area contributed by atoms with Gasteiger partial charge in [-0.25, -0.2) is 4.79 Å². The molecule has 4 amide bonds. The van der Waals surface area contributed by atoms with Gasteiger partial charge in [-0.2, -0.15) is 0 Å². The van der Waals surface area contributed by atoms with E-state index in [1.165, 1.54) is 11.1 Å². The number of amides is 4. The first-order valence-electron chi connectivity index (χ1n) is 6.24. The molecule has 8 nitrogen and oxygen atoms in total. The van der Waals surface area contributed by atoms with Crippen LogP contribution in [0.4, 0.5) is 4.79 Å². The Balaban J connectivity index is 1.76. The van der Waals surface area contributed by atoms with Crippen molar-refractivity contribution in [1.29, 1.82) is 0 Å². The number of aliphatic imine (C=N–C) groups is 1. The Labute approximate surface area is 110 Å². The Hall–Kier alpha value is -1.80. The van der Waals surface area contributed by atoms with Crippen molar-refractivity contribution >= 4 is 24.1 Å². The summed E-state index contributed by atoms with van der Waals surface area (Å²) >= 11 is 0. The second-order valence-electron chi connectivity index (χ2n) is 4.45. The number of carbonyl (C=O) groups excluding carboxylic acids is 3. The number of rotatable bonds is 4. The summed E-state index contributed by atoms with van der Waals surface area (Å²) in [6.45, 7) is 4.81. The van der Waals surface area contributed by atoms with E-state index in [0.717, 1.165) is 32.8 Å². The maximum absolute atomic E-state index is 11.4. The van der Waals surface area contributed by atoms with Crippen LogP contribution in [0.3, 0.4) is 0 Å². The largest absolute Gasteiger partial charge is 0.370 e. The zero-order chi connectivity index (χ0) is 13.7. The standard InChI is InChI=1S/C11H16N4O4/c16-9-8(10(17)14-11(18)13-9)7-12-1-2-15-3-5-19-6-4-15/h7-8H,1-6H2,(H2,13,14,16,17,18)/p+1. The molecule has 8 heteroatoms. The van der Waals surface area contributed by atoms with Gasteiger partial charge in [-0.15, -0.1) is 0 Å². The topological polar surface area (TPSA) is 101 Å². The molecule has 104 valence electrons. The highest BCUT2D eigenvalue weighted by Crippen LogP contribution is 1.98. The Morgan fingerprint density at radius 1 is 1.21 bits per heavy atom. The molecule has 3 N–H and O–H groups in total. The summed E-state index contributed by atoms with van der Waals surface area (Å²) in [6.07, 6.45) is 1.30. The third kappa shape index (κ3) is 3.83. The Kier molecular flexibility index (Phi) is 4.58. The zero-order valence-electron chi connectivity index (χ0n) is 10.5. The summed E-state index contributed by atoms with van der Waals surface area (Å²) in [6, 6.07) is -0.780. The normalized spacial score (nSPS) is 22.6. The molecule has 19 heavy (non-hydrogen) atoms. The van der Waals surface area contributed by atoms with Crippen LogP contribution in [-0.4, -0.2) is 63.5 Å². The molecule has 0 aromatic heterocycles. The summed E-state index contributed by atoms with van der Waals surface area (Å²) in [5, 5.41) is 4.05. The van der Waals surface area contributed by atoms with Crippen LogP contribution in [0.5, 0.6) is 0 Å². The lowest BCUT2D eigenvalue weighted by Crippen LogP contribution is -3.14. The number of morpholine rings is 1. The minimum atomic E-state index is -1.02. The molecule has 0 saturated carbocycles. The summed E-state index contributed by atoms with van der Waals surface area (Å²) in [5.41, 5.74) is 0. The van der Waals surface area contributed by atoms with E-state index in [2.05, 4.69) is 4.99 Å². The maximum atomic E-state index is 11.4. The van der Waals surface area contributed by atoms with E-state index in [4.69, 9.17) is 4.74 Å². The van der Waals surface area contributed by atoms with Crippen LogP contribution in [0.1, 0.15) is 0 Å². The van der Waals surface area contributed by atoms with Crippen molar-refractivity contribution in [3.63, 3.8) is 0 Å². The molecule has 0 aromatic rings. The second-order valence-corrected chi connectivity index (χ2v) is 4.45. The zero-order valence-corrected chi connectivity index (χ0v) is 10.5. The molecule has 0 aromatic carbocycles. The van der Waals surface area contributed by atoms with Crippen molar-refractivity contribution in [3.8, 4) is 0 Å². The van der Waals surface area contributed by atoms with Crippen molar-refractivity contribution in [2.75, 3.05) is 39.4 Å². The molecule has 0 radical (unpaired) electrons. The van der Waals surface area contributed by atoms with Crippen LogP contribution in [0.25, 0.3) is 0 Å². The first-order valence-corrected chi connectivity index (χ1v) is 6.24. The number of urea groups is 1. The van der Waals surface area contributed by atoms with Crippen molar-refractivity contribution in [2.45, 2.75) is 0 Å². The molecule has 0 spiro atoms. The van der Waals surface area contributed by atoms with Gasteiger partial charge in [0, 0.05) is 6.21 Å². The number of nitrogens with one attached hydrogen (secondary N) is 3. The lowest BCUT2D eigenvalue weighted by atomic mass is 10.1. The fourth-order valence-corrected chi connectivity index (χ4v) is 1.98. The summed E-state index contributed by atoms with van der Waals surface area (Å²) < 4.78 is 5.24. The van der Waals surface area contributed by atoms with E-state index in [9.17, 15) is 14.4 Å². The lowest BCUT2D eigenvalue weighted by Gasteiger charge is -2.23. The molecule has 0 atom stereocenters. The second kappa shape index (κ2) is 6.39. The third-order valence-electron chi connectivity index (χ3n) is 3.09. The SMILES string of the molecule is O=C1NC(=O)C(C=NCC[NH+]2CCOCC2)C(=O)N1. The summed E-state index contributed by atoms with van der Waals surface area (Å²) in [4.78, 5) is 39.1. The van der Waals surface area contributed by atoms with Gasteiger partial charge in [0.25, 0.3) is 0 Å². The van der Waals surface area contributed by atoms with E-state index < -0.39 is 23.8 Å². The van der Waals surface area contributed by atoms with Crippen molar-refractivity contribution < 1.29 is 24.0 Å². The van der Waals surface area contributed by atoms with E-state index >= 15 is 0 Å². The Morgan fingerprint density at radius 2 is 1.84 bits per heavy atom. The molecule has 2 aliphatic heterocycles. The molecule has 2 heterocycles. The Morgan fingerprint density at radius 3 is 2.47 bits per heavy atom. The molecule has 2 fully saturated rings. The van der Waals surface area contributed by atoms with Gasteiger partial charge in [0.2, 0.25) is 11.8 Å². The quantitative estimate of drug-likeness (QED) is 0.373. The summed E-state index contributed by atoms with van der Waals surface area (Å²) in [5.74, 6) is -2.27. The van der Waals surface area contributed by atoms with Crippen LogP contribution >= 0.6 is 0 Å². The van der Waals surface area contributed by atoms with Gasteiger partial charge >= 0.3 is 6.03 Å². The van der Waals surface area contributed by atoms with Gasteiger partial charge in [-0.3, -0.25) is 25.2 Å².